The molecule has 2 aromatic carbocycles. The van der Waals surface area contributed by atoms with Gasteiger partial charge in [-0.15, -0.1) is 5.10 Å². The Labute approximate surface area is 157 Å². The van der Waals surface area contributed by atoms with Gasteiger partial charge in [-0.25, -0.2) is 4.68 Å². The third kappa shape index (κ3) is 3.70. The predicted octanol–water partition coefficient (Wildman–Crippen LogP) is 3.74. The molecule has 0 aliphatic rings. The lowest BCUT2D eigenvalue weighted by atomic mass is 10.1. The van der Waals surface area contributed by atoms with Gasteiger partial charge in [0, 0.05) is 0 Å². The van der Waals surface area contributed by atoms with Crippen molar-refractivity contribution in [3.63, 3.8) is 0 Å². The third-order valence-electron chi connectivity index (χ3n) is 4.19. The summed E-state index contributed by atoms with van der Waals surface area (Å²) in [6.45, 7) is 6.42. The van der Waals surface area contributed by atoms with Crippen molar-refractivity contribution in [2.45, 2.75) is 27.3 Å². The van der Waals surface area contributed by atoms with Gasteiger partial charge in [0.2, 0.25) is 0 Å². The summed E-state index contributed by atoms with van der Waals surface area (Å²) < 4.78 is 1.52. The Hall–Kier alpha value is -2.86. The molecule has 0 aliphatic heterocycles. The molecular formula is C19H20ClN5O. The number of nitrogens with two attached hydrogens (primary N) is 1. The van der Waals surface area contributed by atoms with Crippen LogP contribution in [-0.4, -0.2) is 20.9 Å². The number of halogens is 1. The van der Waals surface area contributed by atoms with Crippen LogP contribution in [0, 0.1) is 20.8 Å². The molecule has 0 bridgehead atoms. The van der Waals surface area contributed by atoms with E-state index in [-0.39, 0.29) is 11.5 Å². The maximum Gasteiger partial charge on any atom is 0.280 e. The second-order valence-corrected chi connectivity index (χ2v) is 6.76. The molecule has 0 radical (unpaired) electrons. The summed E-state index contributed by atoms with van der Waals surface area (Å²) in [5, 5.41) is 11.2. The fourth-order valence-corrected chi connectivity index (χ4v) is 2.92. The van der Waals surface area contributed by atoms with Crippen molar-refractivity contribution in [2.24, 2.45) is 0 Å². The molecular weight excluding hydrogens is 350 g/mol. The number of nitrogen functional groups attached to an aromatic ring is 1. The van der Waals surface area contributed by atoms with Crippen LogP contribution in [0.15, 0.2) is 36.4 Å². The third-order valence-corrected chi connectivity index (χ3v) is 4.50. The molecule has 1 aromatic heterocycles. The Morgan fingerprint density at radius 2 is 1.85 bits per heavy atom. The maximum absolute atomic E-state index is 12.5. The zero-order valence-electron chi connectivity index (χ0n) is 14.9. The number of benzene rings is 2. The van der Waals surface area contributed by atoms with Gasteiger partial charge >= 0.3 is 0 Å². The molecule has 0 fully saturated rings. The van der Waals surface area contributed by atoms with Crippen molar-refractivity contribution in [2.75, 3.05) is 11.1 Å². The summed E-state index contributed by atoms with van der Waals surface area (Å²) in [7, 11) is 0. The van der Waals surface area contributed by atoms with Crippen molar-refractivity contribution < 1.29 is 4.79 Å². The molecule has 3 rings (SSSR count). The Bertz CT molecular complexity index is 980. The Balaban J connectivity index is 1.82. The van der Waals surface area contributed by atoms with Crippen LogP contribution in [0.4, 0.5) is 11.5 Å². The standard InChI is InChI=1S/C19H20ClN5O/c1-11-4-6-13(3)14(8-11)10-25-18(21)17(23-24-25)19(26)22-16-7-5-12(2)9-15(16)20/h4-9H,10,21H2,1-3H3,(H,22,26). The van der Waals surface area contributed by atoms with Gasteiger partial charge in [-0.05, 0) is 49.6 Å². The summed E-state index contributed by atoms with van der Waals surface area (Å²) >= 11 is 6.16. The molecule has 0 saturated heterocycles. The minimum absolute atomic E-state index is 0.0759. The zero-order chi connectivity index (χ0) is 18.8. The highest BCUT2D eigenvalue weighted by molar-refractivity contribution is 6.34. The van der Waals surface area contributed by atoms with E-state index in [1.165, 1.54) is 4.68 Å². The van der Waals surface area contributed by atoms with E-state index in [4.69, 9.17) is 17.3 Å². The van der Waals surface area contributed by atoms with E-state index in [1.807, 2.05) is 39.0 Å². The number of anilines is 2. The van der Waals surface area contributed by atoms with Crippen LogP contribution in [0.1, 0.15) is 32.7 Å². The number of carbonyl (C=O) groups excluding carboxylic acids is 1. The first kappa shape index (κ1) is 17.9. The normalized spacial score (nSPS) is 10.8. The monoisotopic (exact) mass is 369 g/mol. The highest BCUT2D eigenvalue weighted by atomic mass is 35.5. The second kappa shape index (κ2) is 7.17. The van der Waals surface area contributed by atoms with Crippen molar-refractivity contribution in [3.05, 3.63) is 69.4 Å². The molecule has 0 atom stereocenters. The lowest BCUT2D eigenvalue weighted by Crippen LogP contribution is -2.15. The van der Waals surface area contributed by atoms with E-state index < -0.39 is 5.91 Å². The summed E-state index contributed by atoms with van der Waals surface area (Å²) in [4.78, 5) is 12.5. The fraction of sp³-hybridized carbons (Fsp3) is 0.211. The number of amides is 1. The second-order valence-electron chi connectivity index (χ2n) is 6.35. The molecule has 1 amide bonds. The van der Waals surface area contributed by atoms with Gasteiger partial charge in [0.1, 0.15) is 0 Å². The van der Waals surface area contributed by atoms with Crippen molar-refractivity contribution in [1.29, 1.82) is 0 Å². The number of rotatable bonds is 4. The topological polar surface area (TPSA) is 85.8 Å². The molecule has 1 heterocycles. The van der Waals surface area contributed by atoms with Gasteiger partial charge in [0.05, 0.1) is 17.3 Å². The molecule has 3 aromatic rings. The Kier molecular flexibility index (Phi) is 4.95. The molecule has 7 heteroatoms. The van der Waals surface area contributed by atoms with E-state index in [0.717, 1.165) is 22.3 Å². The van der Waals surface area contributed by atoms with Crippen LogP contribution < -0.4 is 11.1 Å². The number of aromatic nitrogens is 3. The van der Waals surface area contributed by atoms with Crippen molar-refractivity contribution >= 4 is 29.0 Å². The van der Waals surface area contributed by atoms with Gasteiger partial charge in [-0.1, -0.05) is 46.6 Å². The smallest absolute Gasteiger partial charge is 0.280 e. The molecule has 26 heavy (non-hydrogen) atoms. The molecule has 0 unspecified atom stereocenters. The lowest BCUT2D eigenvalue weighted by Gasteiger charge is -2.09. The van der Waals surface area contributed by atoms with Crippen LogP contribution in [0.3, 0.4) is 0 Å². The van der Waals surface area contributed by atoms with E-state index in [2.05, 4.69) is 21.7 Å². The Morgan fingerprint density at radius 3 is 2.58 bits per heavy atom. The van der Waals surface area contributed by atoms with E-state index in [1.54, 1.807) is 12.1 Å². The van der Waals surface area contributed by atoms with Crippen LogP contribution in [0.2, 0.25) is 5.02 Å². The number of hydrogen-bond acceptors (Lipinski definition) is 4. The van der Waals surface area contributed by atoms with Gasteiger partial charge in [0.25, 0.3) is 5.91 Å². The maximum atomic E-state index is 12.5. The minimum Gasteiger partial charge on any atom is -0.382 e. The molecule has 0 aliphatic carbocycles. The van der Waals surface area contributed by atoms with Crippen LogP contribution in [0.5, 0.6) is 0 Å². The average molecular weight is 370 g/mol. The largest absolute Gasteiger partial charge is 0.382 e. The summed E-state index contributed by atoms with van der Waals surface area (Å²) in [6, 6.07) is 11.5. The number of nitrogens with zero attached hydrogens (tertiary/aromatic N) is 3. The molecule has 0 saturated carbocycles. The number of hydrogen-bond donors (Lipinski definition) is 2. The highest BCUT2D eigenvalue weighted by Gasteiger charge is 2.19. The number of carbonyl (C=O) groups is 1. The fourth-order valence-electron chi connectivity index (χ4n) is 2.63. The van der Waals surface area contributed by atoms with E-state index in [0.29, 0.717) is 17.3 Å². The first-order valence-corrected chi connectivity index (χ1v) is 8.55. The first-order valence-electron chi connectivity index (χ1n) is 8.17. The van der Waals surface area contributed by atoms with Crippen molar-refractivity contribution in [3.8, 4) is 0 Å². The van der Waals surface area contributed by atoms with Crippen LogP contribution >= 0.6 is 11.6 Å². The van der Waals surface area contributed by atoms with Gasteiger partial charge in [0.15, 0.2) is 11.5 Å². The molecule has 3 N–H and O–H groups in total. The highest BCUT2D eigenvalue weighted by Crippen LogP contribution is 2.24. The van der Waals surface area contributed by atoms with Gasteiger partial charge in [-0.2, -0.15) is 0 Å². The number of aryl methyl sites for hydroxylation is 3. The lowest BCUT2D eigenvalue weighted by molar-refractivity contribution is 0.102. The van der Waals surface area contributed by atoms with E-state index >= 15 is 0 Å². The first-order chi connectivity index (χ1) is 12.3. The van der Waals surface area contributed by atoms with Crippen LogP contribution in [-0.2, 0) is 6.54 Å². The molecule has 134 valence electrons. The molecule has 6 nitrogen and oxygen atoms in total. The van der Waals surface area contributed by atoms with Gasteiger partial charge in [-0.3, -0.25) is 4.79 Å². The van der Waals surface area contributed by atoms with E-state index in [9.17, 15) is 4.79 Å². The number of nitrogens with one attached hydrogen (secondary N) is 1. The molecule has 0 spiro atoms. The zero-order valence-corrected chi connectivity index (χ0v) is 15.6. The summed E-state index contributed by atoms with van der Waals surface area (Å²) in [5.74, 6) is -0.230. The predicted molar refractivity (Wildman–Crippen MR) is 104 cm³/mol. The summed E-state index contributed by atoms with van der Waals surface area (Å²) in [6.07, 6.45) is 0. The minimum atomic E-state index is -0.444. The SMILES string of the molecule is Cc1ccc(NC(=O)c2nnn(Cc3cc(C)ccc3C)c2N)c(Cl)c1. The van der Waals surface area contributed by atoms with Crippen LogP contribution in [0.25, 0.3) is 0 Å². The van der Waals surface area contributed by atoms with Crippen molar-refractivity contribution in [1.82, 2.24) is 15.0 Å². The Morgan fingerprint density at radius 1 is 1.15 bits per heavy atom. The quantitative estimate of drug-likeness (QED) is 0.733. The average Bonchev–Trinajstić information content (AvgIpc) is 2.94. The summed E-state index contributed by atoms with van der Waals surface area (Å²) in [5.41, 5.74) is 11.0. The van der Waals surface area contributed by atoms with Gasteiger partial charge < -0.3 is 11.1 Å².